The number of hydrogen-bond acceptors (Lipinski definition) is 1. The smallest absolute Gasteiger partial charge is 0.262 e. The van der Waals surface area contributed by atoms with Gasteiger partial charge in [-0.05, 0) is 17.7 Å². The molecule has 1 atom stereocenters. The van der Waals surface area contributed by atoms with Gasteiger partial charge in [-0.2, -0.15) is 0 Å². The van der Waals surface area contributed by atoms with Crippen molar-refractivity contribution in [1.29, 1.82) is 0 Å². The van der Waals surface area contributed by atoms with Crippen molar-refractivity contribution in [2.45, 2.75) is 18.4 Å². The van der Waals surface area contributed by atoms with Gasteiger partial charge >= 0.3 is 0 Å². The van der Waals surface area contributed by atoms with Gasteiger partial charge in [-0.3, -0.25) is 0 Å². The monoisotopic (exact) mass is 217 g/mol. The second-order valence-corrected chi connectivity index (χ2v) is 3.98. The summed E-state index contributed by atoms with van der Waals surface area (Å²) in [5, 5.41) is 3.41. The highest BCUT2D eigenvalue weighted by molar-refractivity contribution is 6.30. The SMILES string of the molecule is FC1(F)CNC(c2ccc(Cl)cc2)C1. The van der Waals surface area contributed by atoms with E-state index in [4.69, 9.17) is 11.6 Å². The molecule has 76 valence electrons. The summed E-state index contributed by atoms with van der Waals surface area (Å²) in [5.41, 5.74) is 0.867. The molecule has 1 aliphatic heterocycles. The molecular weight excluding hydrogens is 208 g/mol. The average Bonchev–Trinajstić information content (AvgIpc) is 2.47. The van der Waals surface area contributed by atoms with Gasteiger partial charge in [0.05, 0.1) is 6.54 Å². The molecule has 0 spiro atoms. The summed E-state index contributed by atoms with van der Waals surface area (Å²) >= 11 is 5.71. The van der Waals surface area contributed by atoms with Crippen molar-refractivity contribution in [1.82, 2.24) is 5.32 Å². The molecule has 1 saturated heterocycles. The number of rotatable bonds is 1. The first-order valence-corrected chi connectivity index (χ1v) is 4.81. The van der Waals surface area contributed by atoms with E-state index in [9.17, 15) is 8.78 Å². The highest BCUT2D eigenvalue weighted by atomic mass is 35.5. The molecule has 0 aromatic heterocycles. The Labute approximate surface area is 86.1 Å². The fourth-order valence-corrected chi connectivity index (χ4v) is 1.77. The minimum Gasteiger partial charge on any atom is -0.304 e. The molecule has 0 amide bonds. The van der Waals surface area contributed by atoms with Crippen LogP contribution >= 0.6 is 11.6 Å². The van der Waals surface area contributed by atoms with Crippen LogP contribution in [0.25, 0.3) is 0 Å². The van der Waals surface area contributed by atoms with Crippen molar-refractivity contribution >= 4 is 11.6 Å². The lowest BCUT2D eigenvalue weighted by Crippen LogP contribution is -2.19. The number of halogens is 3. The quantitative estimate of drug-likeness (QED) is 0.763. The second kappa shape index (κ2) is 3.48. The molecule has 4 heteroatoms. The second-order valence-electron chi connectivity index (χ2n) is 3.55. The van der Waals surface area contributed by atoms with Gasteiger partial charge in [0, 0.05) is 17.5 Å². The van der Waals surface area contributed by atoms with Gasteiger partial charge in [0.1, 0.15) is 0 Å². The zero-order valence-corrected chi connectivity index (χ0v) is 8.19. The van der Waals surface area contributed by atoms with E-state index >= 15 is 0 Å². The molecule has 14 heavy (non-hydrogen) atoms. The molecule has 0 aliphatic carbocycles. The van der Waals surface area contributed by atoms with E-state index in [2.05, 4.69) is 5.32 Å². The number of benzene rings is 1. The van der Waals surface area contributed by atoms with Crippen molar-refractivity contribution in [3.8, 4) is 0 Å². The van der Waals surface area contributed by atoms with E-state index in [1.165, 1.54) is 0 Å². The van der Waals surface area contributed by atoms with Crippen LogP contribution in [-0.2, 0) is 0 Å². The first-order valence-electron chi connectivity index (χ1n) is 4.43. The maximum absolute atomic E-state index is 12.9. The number of alkyl halides is 2. The molecule has 0 bridgehead atoms. The van der Waals surface area contributed by atoms with Gasteiger partial charge in [-0.1, -0.05) is 23.7 Å². The molecular formula is C10H10ClF2N. The van der Waals surface area contributed by atoms with Crippen LogP contribution in [0.2, 0.25) is 5.02 Å². The normalized spacial score (nSPS) is 25.2. The van der Waals surface area contributed by atoms with Crippen LogP contribution in [0.5, 0.6) is 0 Å². The summed E-state index contributed by atoms with van der Waals surface area (Å²) in [6.45, 7) is -0.236. The zero-order chi connectivity index (χ0) is 10.2. The highest BCUT2D eigenvalue weighted by Gasteiger charge is 2.39. The number of nitrogens with one attached hydrogen (secondary N) is 1. The molecule has 1 N–H and O–H groups in total. The summed E-state index contributed by atoms with van der Waals surface area (Å²) in [6, 6.07) is 6.75. The van der Waals surface area contributed by atoms with Gasteiger partial charge in [0.2, 0.25) is 0 Å². The highest BCUT2D eigenvalue weighted by Crippen LogP contribution is 2.33. The van der Waals surface area contributed by atoms with Crippen LogP contribution in [0.1, 0.15) is 18.0 Å². The minimum absolute atomic E-state index is 0.130. The lowest BCUT2D eigenvalue weighted by atomic mass is 10.0. The average molecular weight is 218 g/mol. The van der Waals surface area contributed by atoms with Crippen molar-refractivity contribution in [2.75, 3.05) is 6.54 Å². The van der Waals surface area contributed by atoms with Crippen LogP contribution in [0.15, 0.2) is 24.3 Å². The molecule has 1 aliphatic rings. The van der Waals surface area contributed by atoms with Gasteiger partial charge in [0.15, 0.2) is 0 Å². The number of hydrogen-bond donors (Lipinski definition) is 1. The Balaban J connectivity index is 2.14. The summed E-state index contributed by atoms with van der Waals surface area (Å²) in [5.74, 6) is -2.58. The maximum atomic E-state index is 12.9. The Kier molecular flexibility index (Phi) is 2.45. The predicted molar refractivity (Wildman–Crippen MR) is 51.8 cm³/mol. The third kappa shape index (κ3) is 2.04. The zero-order valence-electron chi connectivity index (χ0n) is 7.43. The first-order chi connectivity index (χ1) is 6.57. The Morgan fingerprint density at radius 3 is 2.43 bits per heavy atom. The third-order valence-electron chi connectivity index (χ3n) is 2.38. The lowest BCUT2D eigenvalue weighted by Gasteiger charge is -2.10. The lowest BCUT2D eigenvalue weighted by molar-refractivity contribution is 0.0210. The summed E-state index contributed by atoms with van der Waals surface area (Å²) in [7, 11) is 0. The molecule has 2 rings (SSSR count). The molecule has 0 radical (unpaired) electrons. The van der Waals surface area contributed by atoms with E-state index in [1.54, 1.807) is 24.3 Å². The molecule has 1 heterocycles. The Bertz CT molecular complexity index is 323. The van der Waals surface area contributed by atoms with Gasteiger partial charge in [-0.25, -0.2) is 8.78 Å². The van der Waals surface area contributed by atoms with E-state index < -0.39 is 5.92 Å². The van der Waals surface area contributed by atoms with Gasteiger partial charge in [-0.15, -0.1) is 0 Å². The Morgan fingerprint density at radius 1 is 1.29 bits per heavy atom. The molecule has 1 nitrogen and oxygen atoms in total. The summed E-state index contributed by atoms with van der Waals surface area (Å²) in [4.78, 5) is 0. The first kappa shape index (κ1) is 9.87. The Hall–Kier alpha value is -0.670. The fourth-order valence-electron chi connectivity index (χ4n) is 1.65. The summed E-state index contributed by atoms with van der Waals surface area (Å²) < 4.78 is 25.7. The van der Waals surface area contributed by atoms with Crippen molar-refractivity contribution in [3.63, 3.8) is 0 Å². The van der Waals surface area contributed by atoms with E-state index in [1.807, 2.05) is 0 Å². The molecule has 1 aromatic rings. The van der Waals surface area contributed by atoms with Crippen LogP contribution in [0, 0.1) is 0 Å². The largest absolute Gasteiger partial charge is 0.304 e. The Morgan fingerprint density at radius 2 is 1.93 bits per heavy atom. The van der Waals surface area contributed by atoms with E-state index in [0.29, 0.717) is 5.02 Å². The molecule has 1 fully saturated rings. The van der Waals surface area contributed by atoms with Crippen molar-refractivity contribution in [2.24, 2.45) is 0 Å². The van der Waals surface area contributed by atoms with Gasteiger partial charge in [0.25, 0.3) is 5.92 Å². The van der Waals surface area contributed by atoms with Crippen molar-refractivity contribution in [3.05, 3.63) is 34.9 Å². The standard InChI is InChI=1S/C10H10ClF2N/c11-8-3-1-7(2-4-8)9-5-10(12,13)6-14-9/h1-4,9,14H,5-6H2. The fraction of sp³-hybridized carbons (Fsp3) is 0.400. The van der Waals surface area contributed by atoms with E-state index in [0.717, 1.165) is 5.56 Å². The molecule has 0 saturated carbocycles. The maximum Gasteiger partial charge on any atom is 0.262 e. The minimum atomic E-state index is -2.58. The third-order valence-corrected chi connectivity index (χ3v) is 2.63. The van der Waals surface area contributed by atoms with Gasteiger partial charge < -0.3 is 5.32 Å². The topological polar surface area (TPSA) is 12.0 Å². The predicted octanol–water partition coefficient (Wildman–Crippen LogP) is 3.01. The molecule has 1 unspecified atom stereocenters. The summed E-state index contributed by atoms with van der Waals surface area (Å²) in [6.07, 6.45) is -0.130. The van der Waals surface area contributed by atoms with E-state index in [-0.39, 0.29) is 19.0 Å². The van der Waals surface area contributed by atoms with Crippen LogP contribution in [-0.4, -0.2) is 12.5 Å². The van der Waals surface area contributed by atoms with Crippen molar-refractivity contribution < 1.29 is 8.78 Å². The van der Waals surface area contributed by atoms with Crippen LogP contribution < -0.4 is 5.32 Å². The van der Waals surface area contributed by atoms with Crippen LogP contribution in [0.3, 0.4) is 0 Å². The molecule has 1 aromatic carbocycles. The van der Waals surface area contributed by atoms with Crippen LogP contribution in [0.4, 0.5) is 8.78 Å².